The fourth-order valence-corrected chi connectivity index (χ4v) is 1.91. The summed E-state index contributed by atoms with van der Waals surface area (Å²) in [6.07, 6.45) is 4.72. The SMILES string of the molecule is CNc1nccn1CCc1cscn1. The van der Waals surface area contributed by atoms with Crippen molar-refractivity contribution in [1.29, 1.82) is 0 Å². The van der Waals surface area contributed by atoms with Gasteiger partial charge in [-0.15, -0.1) is 11.3 Å². The number of nitrogens with one attached hydrogen (secondary N) is 1. The first-order valence-electron chi connectivity index (χ1n) is 4.46. The van der Waals surface area contributed by atoms with E-state index in [0.29, 0.717) is 0 Å². The van der Waals surface area contributed by atoms with Crippen molar-refractivity contribution < 1.29 is 0 Å². The van der Waals surface area contributed by atoms with Crippen LogP contribution in [-0.4, -0.2) is 21.6 Å². The molecule has 2 aromatic heterocycles. The van der Waals surface area contributed by atoms with Crippen molar-refractivity contribution in [2.75, 3.05) is 12.4 Å². The third-order valence-corrected chi connectivity index (χ3v) is 2.67. The summed E-state index contributed by atoms with van der Waals surface area (Å²) in [5.74, 6) is 0.903. The zero-order valence-electron chi connectivity index (χ0n) is 7.97. The van der Waals surface area contributed by atoms with Gasteiger partial charge in [0.15, 0.2) is 0 Å². The van der Waals surface area contributed by atoms with E-state index < -0.39 is 0 Å². The van der Waals surface area contributed by atoms with E-state index in [9.17, 15) is 0 Å². The van der Waals surface area contributed by atoms with Gasteiger partial charge in [-0.25, -0.2) is 9.97 Å². The van der Waals surface area contributed by atoms with Gasteiger partial charge in [0.05, 0.1) is 11.2 Å². The second kappa shape index (κ2) is 4.23. The van der Waals surface area contributed by atoms with E-state index in [1.807, 2.05) is 18.8 Å². The van der Waals surface area contributed by atoms with Gasteiger partial charge in [-0.05, 0) is 0 Å². The van der Waals surface area contributed by atoms with Crippen LogP contribution in [-0.2, 0) is 13.0 Å². The van der Waals surface area contributed by atoms with Gasteiger partial charge in [0.25, 0.3) is 0 Å². The normalized spacial score (nSPS) is 10.4. The van der Waals surface area contributed by atoms with E-state index >= 15 is 0 Å². The lowest BCUT2D eigenvalue weighted by molar-refractivity contribution is 0.694. The van der Waals surface area contributed by atoms with Crippen molar-refractivity contribution in [3.05, 3.63) is 29.0 Å². The highest BCUT2D eigenvalue weighted by Crippen LogP contribution is 2.07. The number of anilines is 1. The molecule has 0 aromatic carbocycles. The van der Waals surface area contributed by atoms with Gasteiger partial charge in [-0.3, -0.25) is 0 Å². The molecule has 74 valence electrons. The molecule has 0 amide bonds. The molecule has 1 N–H and O–H groups in total. The predicted octanol–water partition coefficient (Wildman–Crippen LogP) is 1.62. The molecular weight excluding hydrogens is 196 g/mol. The molecule has 0 unspecified atom stereocenters. The highest BCUT2D eigenvalue weighted by molar-refractivity contribution is 7.07. The Labute approximate surface area is 86.6 Å². The molecular formula is C9H12N4S. The van der Waals surface area contributed by atoms with Crippen LogP contribution in [0.5, 0.6) is 0 Å². The lowest BCUT2D eigenvalue weighted by Crippen LogP contribution is -2.05. The number of hydrogen-bond donors (Lipinski definition) is 1. The maximum absolute atomic E-state index is 4.24. The molecule has 0 aliphatic rings. The molecule has 0 aliphatic heterocycles. The quantitative estimate of drug-likeness (QED) is 0.830. The van der Waals surface area contributed by atoms with Crippen LogP contribution in [0.25, 0.3) is 0 Å². The Morgan fingerprint density at radius 2 is 2.43 bits per heavy atom. The minimum absolute atomic E-state index is 0.903. The molecule has 4 nitrogen and oxygen atoms in total. The van der Waals surface area contributed by atoms with Gasteiger partial charge in [0.2, 0.25) is 5.95 Å². The Bertz CT molecular complexity index is 379. The largest absolute Gasteiger partial charge is 0.359 e. The molecule has 0 atom stereocenters. The summed E-state index contributed by atoms with van der Waals surface area (Å²) in [6, 6.07) is 0. The second-order valence-corrected chi connectivity index (χ2v) is 3.64. The zero-order valence-corrected chi connectivity index (χ0v) is 8.79. The second-order valence-electron chi connectivity index (χ2n) is 2.92. The molecule has 0 saturated heterocycles. The van der Waals surface area contributed by atoms with Crippen molar-refractivity contribution in [2.24, 2.45) is 0 Å². The van der Waals surface area contributed by atoms with E-state index in [1.54, 1.807) is 17.5 Å². The molecule has 2 rings (SSSR count). The number of aromatic nitrogens is 3. The highest BCUT2D eigenvalue weighted by Gasteiger charge is 2.00. The van der Waals surface area contributed by atoms with Crippen molar-refractivity contribution in [2.45, 2.75) is 13.0 Å². The van der Waals surface area contributed by atoms with Crippen LogP contribution in [0, 0.1) is 0 Å². The van der Waals surface area contributed by atoms with Crippen LogP contribution in [0.4, 0.5) is 5.95 Å². The first-order chi connectivity index (χ1) is 6.90. The van der Waals surface area contributed by atoms with Gasteiger partial charge in [-0.2, -0.15) is 0 Å². The summed E-state index contributed by atoms with van der Waals surface area (Å²) in [5, 5.41) is 5.12. The number of nitrogens with zero attached hydrogens (tertiary/aromatic N) is 3. The van der Waals surface area contributed by atoms with Gasteiger partial charge >= 0.3 is 0 Å². The topological polar surface area (TPSA) is 42.7 Å². The zero-order chi connectivity index (χ0) is 9.80. The molecule has 0 saturated carbocycles. The van der Waals surface area contributed by atoms with Crippen LogP contribution in [0.2, 0.25) is 0 Å². The molecule has 0 radical (unpaired) electrons. The number of imidazole rings is 1. The lowest BCUT2D eigenvalue weighted by atomic mass is 10.3. The summed E-state index contributed by atoms with van der Waals surface area (Å²) in [7, 11) is 1.88. The standard InChI is InChI=1S/C9H12N4S/c1-10-9-11-3-5-13(9)4-2-8-6-14-7-12-8/h3,5-7H,2,4H2,1H3,(H,10,11). The van der Waals surface area contributed by atoms with Crippen LogP contribution in [0.3, 0.4) is 0 Å². The van der Waals surface area contributed by atoms with Crippen LogP contribution < -0.4 is 5.32 Å². The average Bonchev–Trinajstić information content (AvgIpc) is 2.85. The molecule has 5 heteroatoms. The van der Waals surface area contributed by atoms with Crippen molar-refractivity contribution >= 4 is 17.3 Å². The van der Waals surface area contributed by atoms with Crippen LogP contribution >= 0.6 is 11.3 Å². The Morgan fingerprint density at radius 1 is 1.50 bits per heavy atom. The Balaban J connectivity index is 1.98. The van der Waals surface area contributed by atoms with Gasteiger partial charge in [-0.1, -0.05) is 0 Å². The molecule has 0 bridgehead atoms. The Hall–Kier alpha value is -1.36. The van der Waals surface area contributed by atoms with E-state index in [4.69, 9.17) is 0 Å². The van der Waals surface area contributed by atoms with Gasteiger partial charge in [0.1, 0.15) is 0 Å². The third-order valence-electron chi connectivity index (χ3n) is 2.03. The molecule has 0 spiro atoms. The van der Waals surface area contributed by atoms with Crippen LogP contribution in [0.15, 0.2) is 23.3 Å². The molecule has 2 heterocycles. The van der Waals surface area contributed by atoms with Crippen molar-refractivity contribution in [3.8, 4) is 0 Å². The summed E-state index contributed by atoms with van der Waals surface area (Å²) in [6.45, 7) is 0.917. The molecule has 0 aliphatic carbocycles. The van der Waals surface area contributed by atoms with Crippen molar-refractivity contribution in [3.63, 3.8) is 0 Å². The van der Waals surface area contributed by atoms with Gasteiger partial charge < -0.3 is 9.88 Å². The molecule has 2 aromatic rings. The average molecular weight is 208 g/mol. The maximum atomic E-state index is 4.24. The fourth-order valence-electron chi connectivity index (χ4n) is 1.31. The molecule has 14 heavy (non-hydrogen) atoms. The fraction of sp³-hybridized carbons (Fsp3) is 0.333. The minimum Gasteiger partial charge on any atom is -0.359 e. The van der Waals surface area contributed by atoms with Gasteiger partial charge in [0, 0.05) is 37.8 Å². The monoisotopic (exact) mass is 208 g/mol. The minimum atomic E-state index is 0.903. The third kappa shape index (κ3) is 1.93. The van der Waals surface area contributed by atoms with Crippen molar-refractivity contribution in [1.82, 2.24) is 14.5 Å². The first-order valence-corrected chi connectivity index (χ1v) is 5.40. The van der Waals surface area contributed by atoms with E-state index in [0.717, 1.165) is 24.6 Å². The number of hydrogen-bond acceptors (Lipinski definition) is 4. The van der Waals surface area contributed by atoms with E-state index in [-0.39, 0.29) is 0 Å². The number of aryl methyl sites for hydroxylation is 2. The number of thiazole rings is 1. The maximum Gasteiger partial charge on any atom is 0.202 e. The molecule has 0 fully saturated rings. The summed E-state index contributed by atoms with van der Waals surface area (Å²) in [5.41, 5.74) is 3.01. The summed E-state index contributed by atoms with van der Waals surface area (Å²) >= 11 is 1.64. The summed E-state index contributed by atoms with van der Waals surface area (Å²) < 4.78 is 2.08. The van der Waals surface area contributed by atoms with Crippen LogP contribution in [0.1, 0.15) is 5.69 Å². The number of rotatable bonds is 4. The lowest BCUT2D eigenvalue weighted by Gasteiger charge is -2.04. The Morgan fingerprint density at radius 3 is 3.14 bits per heavy atom. The Kier molecular flexibility index (Phi) is 2.78. The predicted molar refractivity (Wildman–Crippen MR) is 57.6 cm³/mol. The smallest absolute Gasteiger partial charge is 0.202 e. The van der Waals surface area contributed by atoms with E-state index in [2.05, 4.69) is 25.2 Å². The first kappa shape index (κ1) is 9.21. The van der Waals surface area contributed by atoms with E-state index in [1.165, 1.54) is 0 Å². The summed E-state index contributed by atoms with van der Waals surface area (Å²) in [4.78, 5) is 8.40. The highest BCUT2D eigenvalue weighted by atomic mass is 32.1.